The molecule has 2 amide bonds. The molecule has 0 atom stereocenters. The molecule has 0 spiro atoms. The van der Waals surface area contributed by atoms with Crippen molar-refractivity contribution in [1.29, 1.82) is 0 Å². The maximum Gasteiger partial charge on any atom is 0.233 e. The van der Waals surface area contributed by atoms with E-state index in [1.807, 2.05) is 13.8 Å². The minimum Gasteiger partial charge on any atom is -0.354 e. The van der Waals surface area contributed by atoms with Crippen LogP contribution in [0.5, 0.6) is 0 Å². The van der Waals surface area contributed by atoms with Gasteiger partial charge in [-0.15, -0.1) is 0 Å². The van der Waals surface area contributed by atoms with Gasteiger partial charge in [0.1, 0.15) is 0 Å². The lowest BCUT2D eigenvalue weighted by atomic mass is 10.1. The van der Waals surface area contributed by atoms with Gasteiger partial charge in [-0.25, -0.2) is 0 Å². The quantitative estimate of drug-likeness (QED) is 0.543. The molecule has 6 nitrogen and oxygen atoms in total. The Hall–Kier alpha value is -1.43. The van der Waals surface area contributed by atoms with Crippen LogP contribution in [0.2, 0.25) is 0 Å². The normalized spacial score (nSPS) is 10.6. The lowest BCUT2D eigenvalue weighted by Crippen LogP contribution is -2.39. The highest BCUT2D eigenvalue weighted by Crippen LogP contribution is 1.92. The number of hydrogen-bond acceptors (Lipinski definition) is 4. The summed E-state index contributed by atoms with van der Waals surface area (Å²) < 4.78 is 0. The van der Waals surface area contributed by atoms with E-state index < -0.39 is 0 Å². The average molecular weight is 271 g/mol. The van der Waals surface area contributed by atoms with E-state index in [4.69, 9.17) is 0 Å². The van der Waals surface area contributed by atoms with Gasteiger partial charge in [0.25, 0.3) is 0 Å². The summed E-state index contributed by atoms with van der Waals surface area (Å²) in [6, 6.07) is 0.246. The molecule has 0 aromatic rings. The molecule has 0 aliphatic rings. The molecule has 110 valence electrons. The van der Waals surface area contributed by atoms with Gasteiger partial charge >= 0.3 is 0 Å². The number of amides is 2. The molecule has 3 N–H and O–H groups in total. The van der Waals surface area contributed by atoms with Crippen molar-refractivity contribution in [2.24, 2.45) is 5.92 Å². The molecule has 0 fully saturated rings. The maximum absolute atomic E-state index is 11.4. The van der Waals surface area contributed by atoms with Crippen LogP contribution in [0.15, 0.2) is 0 Å². The Morgan fingerprint density at radius 1 is 0.895 bits per heavy atom. The summed E-state index contributed by atoms with van der Waals surface area (Å²) in [6.45, 7) is 8.05. The molecule has 0 aromatic carbocycles. The molecule has 0 heterocycles. The fraction of sp³-hybridized carbons (Fsp3) is 0.769. The molecule has 0 bridgehead atoms. The van der Waals surface area contributed by atoms with Gasteiger partial charge in [0.15, 0.2) is 5.78 Å². The van der Waals surface area contributed by atoms with E-state index in [1.54, 1.807) is 13.8 Å². The molecule has 0 aromatic heterocycles. The average Bonchev–Trinajstić information content (AvgIpc) is 2.33. The molecule has 6 heteroatoms. The van der Waals surface area contributed by atoms with Crippen molar-refractivity contribution < 1.29 is 14.4 Å². The predicted octanol–water partition coefficient (Wildman–Crippen LogP) is -0.168. The number of ketones is 1. The molecule has 0 aliphatic carbocycles. The van der Waals surface area contributed by atoms with E-state index in [9.17, 15) is 14.4 Å². The largest absolute Gasteiger partial charge is 0.354 e. The monoisotopic (exact) mass is 271 g/mol. The number of nitrogens with one attached hydrogen (secondary N) is 3. The highest BCUT2D eigenvalue weighted by molar-refractivity contribution is 5.87. The Balaban J connectivity index is 3.63. The first-order valence-electron chi connectivity index (χ1n) is 6.62. The SMILES string of the molecule is CC(C)NCC(=O)NCCC(=O)NCC(=O)C(C)C. The topological polar surface area (TPSA) is 87.3 Å². The molecule has 0 unspecified atom stereocenters. The molecule has 19 heavy (non-hydrogen) atoms. The zero-order valence-electron chi connectivity index (χ0n) is 12.2. The third-order valence-electron chi connectivity index (χ3n) is 2.45. The second-order valence-corrected chi connectivity index (χ2v) is 5.03. The van der Waals surface area contributed by atoms with Crippen molar-refractivity contribution in [2.75, 3.05) is 19.6 Å². The minimum absolute atomic E-state index is 0.00137. The third kappa shape index (κ3) is 10.2. The highest BCUT2D eigenvalue weighted by atomic mass is 16.2. The molecular weight excluding hydrogens is 246 g/mol. The van der Waals surface area contributed by atoms with Crippen LogP contribution in [0.1, 0.15) is 34.1 Å². The Kier molecular flexibility index (Phi) is 8.78. The Morgan fingerprint density at radius 2 is 1.53 bits per heavy atom. The van der Waals surface area contributed by atoms with Crippen molar-refractivity contribution >= 4 is 17.6 Å². The van der Waals surface area contributed by atoms with Crippen LogP contribution in [0, 0.1) is 5.92 Å². The van der Waals surface area contributed by atoms with Gasteiger partial charge in [-0.05, 0) is 0 Å². The smallest absolute Gasteiger partial charge is 0.233 e. The van der Waals surface area contributed by atoms with Gasteiger partial charge in [0.2, 0.25) is 11.8 Å². The fourth-order valence-corrected chi connectivity index (χ4v) is 1.15. The summed E-state index contributed by atoms with van der Waals surface area (Å²) in [6.07, 6.45) is 0.179. The van der Waals surface area contributed by atoms with Crippen LogP contribution >= 0.6 is 0 Å². The summed E-state index contributed by atoms with van der Waals surface area (Å²) in [5, 5.41) is 8.14. The van der Waals surface area contributed by atoms with Gasteiger partial charge in [-0.3, -0.25) is 14.4 Å². The molecule has 0 aliphatic heterocycles. The predicted molar refractivity (Wildman–Crippen MR) is 73.6 cm³/mol. The Labute approximate surface area is 114 Å². The van der Waals surface area contributed by atoms with E-state index in [2.05, 4.69) is 16.0 Å². The number of carbonyl (C=O) groups excluding carboxylic acids is 3. The zero-order valence-corrected chi connectivity index (χ0v) is 12.2. The second kappa shape index (κ2) is 9.49. The van der Waals surface area contributed by atoms with E-state index in [-0.39, 0.29) is 55.6 Å². The van der Waals surface area contributed by atoms with Gasteiger partial charge in [0, 0.05) is 24.9 Å². The van der Waals surface area contributed by atoms with Crippen LogP contribution in [0.3, 0.4) is 0 Å². The van der Waals surface area contributed by atoms with Gasteiger partial charge < -0.3 is 16.0 Å². The van der Waals surface area contributed by atoms with Crippen LogP contribution in [0.25, 0.3) is 0 Å². The van der Waals surface area contributed by atoms with E-state index in [0.29, 0.717) is 0 Å². The molecule has 0 saturated carbocycles. The standard InChI is InChI=1S/C13H25N3O3/c1-9(2)11(17)7-16-12(18)5-6-14-13(19)8-15-10(3)4/h9-10,15H,5-8H2,1-4H3,(H,14,19)(H,16,18). The first-order chi connectivity index (χ1) is 8.82. The van der Waals surface area contributed by atoms with Crippen LogP contribution < -0.4 is 16.0 Å². The number of rotatable bonds is 9. The number of hydrogen-bond donors (Lipinski definition) is 3. The van der Waals surface area contributed by atoms with Gasteiger partial charge in [-0.2, -0.15) is 0 Å². The molecule has 0 saturated heterocycles. The van der Waals surface area contributed by atoms with Crippen LogP contribution in [-0.4, -0.2) is 43.3 Å². The summed E-state index contributed by atoms with van der Waals surface area (Å²) in [5.41, 5.74) is 0. The maximum atomic E-state index is 11.4. The molecule has 0 radical (unpaired) electrons. The fourth-order valence-electron chi connectivity index (χ4n) is 1.15. The van der Waals surface area contributed by atoms with Crippen molar-refractivity contribution in [2.45, 2.75) is 40.2 Å². The van der Waals surface area contributed by atoms with Gasteiger partial charge in [-0.1, -0.05) is 27.7 Å². The Morgan fingerprint density at radius 3 is 2.05 bits per heavy atom. The van der Waals surface area contributed by atoms with Crippen molar-refractivity contribution in [3.05, 3.63) is 0 Å². The zero-order chi connectivity index (χ0) is 14.8. The van der Waals surface area contributed by atoms with Gasteiger partial charge in [0.05, 0.1) is 13.1 Å². The lowest BCUT2D eigenvalue weighted by Gasteiger charge is -2.09. The first-order valence-corrected chi connectivity index (χ1v) is 6.62. The van der Waals surface area contributed by atoms with Crippen molar-refractivity contribution in [1.82, 2.24) is 16.0 Å². The first kappa shape index (κ1) is 17.6. The summed E-state index contributed by atoms with van der Waals surface area (Å²) in [5.74, 6) is -0.452. The van der Waals surface area contributed by atoms with E-state index in [0.717, 1.165) is 0 Å². The van der Waals surface area contributed by atoms with E-state index >= 15 is 0 Å². The minimum atomic E-state index is -0.230. The summed E-state index contributed by atoms with van der Waals surface area (Å²) in [4.78, 5) is 34.0. The van der Waals surface area contributed by atoms with E-state index in [1.165, 1.54) is 0 Å². The highest BCUT2D eigenvalue weighted by Gasteiger charge is 2.09. The van der Waals surface area contributed by atoms with Crippen LogP contribution in [-0.2, 0) is 14.4 Å². The summed E-state index contributed by atoms with van der Waals surface area (Å²) >= 11 is 0. The lowest BCUT2D eigenvalue weighted by molar-refractivity contribution is -0.126. The summed E-state index contributed by atoms with van der Waals surface area (Å²) in [7, 11) is 0. The van der Waals surface area contributed by atoms with Crippen molar-refractivity contribution in [3.63, 3.8) is 0 Å². The van der Waals surface area contributed by atoms with Crippen molar-refractivity contribution in [3.8, 4) is 0 Å². The Bertz CT molecular complexity index is 314. The number of Topliss-reactive ketones (excluding diaryl/α,β-unsaturated/α-hetero) is 1. The molecular formula is C13H25N3O3. The molecule has 0 rings (SSSR count). The third-order valence-corrected chi connectivity index (χ3v) is 2.45. The van der Waals surface area contributed by atoms with Crippen LogP contribution in [0.4, 0.5) is 0 Å². The second-order valence-electron chi connectivity index (χ2n) is 5.03. The number of carbonyl (C=O) groups is 3.